The van der Waals surface area contributed by atoms with Gasteiger partial charge in [-0.1, -0.05) is 27.2 Å². The van der Waals surface area contributed by atoms with Crippen molar-refractivity contribution in [3.05, 3.63) is 0 Å². The molecule has 1 N–H and O–H groups in total. The zero-order valence-electron chi connectivity index (χ0n) is 9.40. The van der Waals surface area contributed by atoms with Crippen LogP contribution in [0.25, 0.3) is 0 Å². The fraction of sp³-hybridized carbons (Fsp3) is 1.00. The fourth-order valence-corrected chi connectivity index (χ4v) is 1.96. The van der Waals surface area contributed by atoms with Gasteiger partial charge in [0.05, 0.1) is 13.2 Å². The molecule has 0 aliphatic carbocycles. The lowest BCUT2D eigenvalue weighted by Gasteiger charge is -2.26. The Balaban J connectivity index is 2.46. The van der Waals surface area contributed by atoms with E-state index in [4.69, 9.17) is 14.6 Å². The van der Waals surface area contributed by atoms with Crippen LogP contribution in [0.2, 0.25) is 0 Å². The van der Waals surface area contributed by atoms with Gasteiger partial charge in [-0.2, -0.15) is 0 Å². The second kappa shape index (κ2) is 5.69. The van der Waals surface area contributed by atoms with Gasteiger partial charge in [0.2, 0.25) is 0 Å². The first kappa shape index (κ1) is 12.0. The molecule has 4 atom stereocenters. The van der Waals surface area contributed by atoms with E-state index in [9.17, 15) is 0 Å². The fourth-order valence-electron chi connectivity index (χ4n) is 1.96. The first-order valence-corrected chi connectivity index (χ1v) is 5.60. The molecular weight excluding hydrogens is 180 g/mol. The van der Waals surface area contributed by atoms with E-state index in [1.54, 1.807) is 0 Å². The number of aliphatic hydroxyl groups excluding tert-OH is 1. The van der Waals surface area contributed by atoms with Crippen molar-refractivity contribution in [2.75, 3.05) is 13.2 Å². The quantitative estimate of drug-likeness (QED) is 0.738. The number of ether oxygens (including phenoxy) is 2. The highest BCUT2D eigenvalue weighted by molar-refractivity contribution is 4.73. The molecule has 14 heavy (non-hydrogen) atoms. The van der Waals surface area contributed by atoms with Crippen LogP contribution in [-0.2, 0) is 9.47 Å². The minimum absolute atomic E-state index is 0.0629. The Morgan fingerprint density at radius 2 is 2.07 bits per heavy atom. The van der Waals surface area contributed by atoms with E-state index in [2.05, 4.69) is 20.8 Å². The Hall–Kier alpha value is -0.120. The zero-order valence-corrected chi connectivity index (χ0v) is 9.40. The van der Waals surface area contributed by atoms with E-state index in [1.165, 1.54) is 0 Å². The summed E-state index contributed by atoms with van der Waals surface area (Å²) in [7, 11) is 0. The highest BCUT2D eigenvalue weighted by Gasteiger charge is 2.33. The summed E-state index contributed by atoms with van der Waals surface area (Å²) in [4.78, 5) is 0. The molecule has 0 aromatic heterocycles. The minimum atomic E-state index is -0.113. The summed E-state index contributed by atoms with van der Waals surface area (Å²) in [5, 5.41) is 8.93. The predicted molar refractivity (Wildman–Crippen MR) is 54.9 cm³/mol. The third-order valence-corrected chi connectivity index (χ3v) is 3.17. The van der Waals surface area contributed by atoms with Crippen LogP contribution in [-0.4, -0.2) is 30.7 Å². The maximum absolute atomic E-state index is 8.93. The van der Waals surface area contributed by atoms with Gasteiger partial charge in [-0.25, -0.2) is 0 Å². The number of hydrogen-bond donors (Lipinski definition) is 1. The Morgan fingerprint density at radius 1 is 1.36 bits per heavy atom. The van der Waals surface area contributed by atoms with E-state index < -0.39 is 0 Å². The van der Waals surface area contributed by atoms with Crippen LogP contribution < -0.4 is 0 Å². The number of aliphatic hydroxyl groups is 1. The summed E-state index contributed by atoms with van der Waals surface area (Å²) < 4.78 is 11.2. The van der Waals surface area contributed by atoms with Gasteiger partial charge in [-0.15, -0.1) is 0 Å². The molecule has 84 valence electrons. The van der Waals surface area contributed by atoms with Crippen LogP contribution in [0.4, 0.5) is 0 Å². The molecule has 1 fully saturated rings. The van der Waals surface area contributed by atoms with Gasteiger partial charge in [-0.3, -0.25) is 0 Å². The topological polar surface area (TPSA) is 38.7 Å². The van der Waals surface area contributed by atoms with E-state index in [0.29, 0.717) is 18.4 Å². The Bertz CT molecular complexity index is 161. The Morgan fingerprint density at radius 3 is 2.50 bits per heavy atom. The first-order chi connectivity index (χ1) is 6.72. The molecule has 0 aromatic carbocycles. The largest absolute Gasteiger partial charge is 0.394 e. The monoisotopic (exact) mass is 202 g/mol. The summed E-state index contributed by atoms with van der Waals surface area (Å²) in [5.41, 5.74) is 0. The smallest absolute Gasteiger partial charge is 0.161 e. The maximum Gasteiger partial charge on any atom is 0.161 e. The molecule has 3 heteroatoms. The summed E-state index contributed by atoms with van der Waals surface area (Å²) >= 11 is 0. The normalized spacial score (nSPS) is 31.7. The molecule has 0 aromatic rings. The van der Waals surface area contributed by atoms with Crippen molar-refractivity contribution in [1.29, 1.82) is 0 Å². The van der Waals surface area contributed by atoms with Crippen molar-refractivity contribution >= 4 is 0 Å². The van der Waals surface area contributed by atoms with Crippen molar-refractivity contribution in [2.24, 2.45) is 11.8 Å². The second-order valence-corrected chi connectivity index (χ2v) is 4.10. The molecule has 1 aliphatic rings. The van der Waals surface area contributed by atoms with Gasteiger partial charge in [0.15, 0.2) is 6.29 Å². The van der Waals surface area contributed by atoms with Crippen LogP contribution in [0, 0.1) is 11.8 Å². The van der Waals surface area contributed by atoms with Gasteiger partial charge in [0.1, 0.15) is 6.10 Å². The SMILES string of the molecule is CCC(C)C(CC)C1OCC(CO)O1. The summed E-state index contributed by atoms with van der Waals surface area (Å²) in [6, 6.07) is 0. The molecule has 1 heterocycles. The molecule has 4 unspecified atom stereocenters. The molecule has 0 radical (unpaired) electrons. The molecular formula is C11H22O3. The van der Waals surface area contributed by atoms with Gasteiger partial charge < -0.3 is 14.6 Å². The second-order valence-electron chi connectivity index (χ2n) is 4.10. The highest BCUT2D eigenvalue weighted by atomic mass is 16.7. The Kier molecular flexibility index (Phi) is 4.85. The number of hydrogen-bond acceptors (Lipinski definition) is 3. The lowest BCUT2D eigenvalue weighted by Crippen LogP contribution is -2.28. The summed E-state index contributed by atoms with van der Waals surface area (Å²) in [5.74, 6) is 1.07. The minimum Gasteiger partial charge on any atom is -0.394 e. The molecule has 3 nitrogen and oxygen atoms in total. The van der Waals surface area contributed by atoms with Gasteiger partial charge in [-0.05, 0) is 12.3 Å². The molecule has 0 spiro atoms. The third kappa shape index (κ3) is 2.69. The Labute approximate surface area is 86.4 Å². The van der Waals surface area contributed by atoms with E-state index in [0.717, 1.165) is 12.8 Å². The predicted octanol–water partition coefficient (Wildman–Crippen LogP) is 1.79. The van der Waals surface area contributed by atoms with E-state index in [-0.39, 0.29) is 19.0 Å². The van der Waals surface area contributed by atoms with Gasteiger partial charge in [0.25, 0.3) is 0 Å². The molecule has 1 rings (SSSR count). The lowest BCUT2D eigenvalue weighted by atomic mass is 9.89. The molecule has 1 aliphatic heterocycles. The third-order valence-electron chi connectivity index (χ3n) is 3.17. The van der Waals surface area contributed by atoms with Crippen molar-refractivity contribution < 1.29 is 14.6 Å². The van der Waals surface area contributed by atoms with Crippen molar-refractivity contribution in [3.8, 4) is 0 Å². The summed E-state index contributed by atoms with van der Waals surface area (Å²) in [6.07, 6.45) is 1.99. The van der Waals surface area contributed by atoms with E-state index >= 15 is 0 Å². The number of rotatable bonds is 5. The molecule has 0 saturated carbocycles. The average Bonchev–Trinajstić information content (AvgIpc) is 2.67. The first-order valence-electron chi connectivity index (χ1n) is 5.60. The standard InChI is InChI=1S/C11H22O3/c1-4-8(3)10(5-2)11-13-7-9(6-12)14-11/h8-12H,4-7H2,1-3H3. The van der Waals surface area contributed by atoms with Gasteiger partial charge in [0, 0.05) is 5.92 Å². The van der Waals surface area contributed by atoms with Gasteiger partial charge >= 0.3 is 0 Å². The van der Waals surface area contributed by atoms with Crippen molar-refractivity contribution in [2.45, 2.75) is 46.0 Å². The maximum atomic E-state index is 8.93. The summed E-state index contributed by atoms with van der Waals surface area (Å²) in [6.45, 7) is 7.18. The van der Waals surface area contributed by atoms with Crippen molar-refractivity contribution in [3.63, 3.8) is 0 Å². The lowest BCUT2D eigenvalue weighted by molar-refractivity contribution is -0.115. The highest BCUT2D eigenvalue weighted by Crippen LogP contribution is 2.29. The van der Waals surface area contributed by atoms with Crippen LogP contribution in [0.1, 0.15) is 33.6 Å². The zero-order chi connectivity index (χ0) is 10.6. The molecule has 1 saturated heterocycles. The van der Waals surface area contributed by atoms with Crippen LogP contribution in [0.15, 0.2) is 0 Å². The average molecular weight is 202 g/mol. The van der Waals surface area contributed by atoms with Crippen LogP contribution in [0.5, 0.6) is 0 Å². The molecule has 0 amide bonds. The van der Waals surface area contributed by atoms with E-state index in [1.807, 2.05) is 0 Å². The van der Waals surface area contributed by atoms with Crippen molar-refractivity contribution in [1.82, 2.24) is 0 Å². The van der Waals surface area contributed by atoms with Crippen LogP contribution in [0.3, 0.4) is 0 Å². The molecule has 0 bridgehead atoms. The van der Waals surface area contributed by atoms with Crippen LogP contribution >= 0.6 is 0 Å².